The molecule has 170 valence electrons. The molecule has 0 saturated carbocycles. The van der Waals surface area contributed by atoms with Gasteiger partial charge in [-0.3, -0.25) is 9.36 Å². The number of hydrogen-bond donors (Lipinski definition) is 1. The number of benzene rings is 1. The van der Waals surface area contributed by atoms with E-state index in [1.807, 2.05) is 6.92 Å². The molecular formula is C19H26ClN5O4S2. The molecule has 0 radical (unpaired) electrons. The Kier molecular flexibility index (Phi) is 8.20. The van der Waals surface area contributed by atoms with Crippen LogP contribution in [0, 0.1) is 0 Å². The van der Waals surface area contributed by atoms with Gasteiger partial charge in [0.05, 0.1) is 4.90 Å². The summed E-state index contributed by atoms with van der Waals surface area (Å²) in [5.74, 6) is 0.683. The maximum Gasteiger partial charge on any atom is 0.343 e. The molecule has 1 N–H and O–H groups in total. The van der Waals surface area contributed by atoms with E-state index in [1.165, 1.54) is 28.2 Å². The van der Waals surface area contributed by atoms with Gasteiger partial charge in [-0.15, -0.1) is 5.10 Å². The summed E-state index contributed by atoms with van der Waals surface area (Å²) in [5.41, 5.74) is -0.216. The molecule has 1 saturated heterocycles. The molecule has 31 heavy (non-hydrogen) atoms. The Morgan fingerprint density at radius 1 is 1.19 bits per heavy atom. The number of thioether (sulfide) groups is 1. The summed E-state index contributed by atoms with van der Waals surface area (Å²) >= 11 is 7.29. The van der Waals surface area contributed by atoms with Gasteiger partial charge in [0.25, 0.3) is 0 Å². The Bertz CT molecular complexity index is 1040. The fraction of sp³-hybridized carbons (Fsp3) is 0.526. The van der Waals surface area contributed by atoms with E-state index in [1.54, 1.807) is 21.6 Å². The van der Waals surface area contributed by atoms with E-state index in [0.29, 0.717) is 48.4 Å². The van der Waals surface area contributed by atoms with E-state index in [4.69, 9.17) is 11.6 Å². The van der Waals surface area contributed by atoms with E-state index < -0.39 is 10.0 Å². The van der Waals surface area contributed by atoms with Gasteiger partial charge < -0.3 is 4.90 Å². The van der Waals surface area contributed by atoms with Crippen molar-refractivity contribution in [1.29, 1.82) is 0 Å². The largest absolute Gasteiger partial charge is 0.343 e. The quantitative estimate of drug-likeness (QED) is 0.428. The van der Waals surface area contributed by atoms with Crippen LogP contribution in [0.1, 0.15) is 26.2 Å². The van der Waals surface area contributed by atoms with Crippen LogP contribution in [0.3, 0.4) is 0 Å². The number of hydrogen-bond acceptors (Lipinski definition) is 6. The number of aromatic nitrogens is 3. The van der Waals surface area contributed by atoms with Crippen molar-refractivity contribution in [2.24, 2.45) is 0 Å². The van der Waals surface area contributed by atoms with Crippen molar-refractivity contribution in [3.63, 3.8) is 0 Å². The van der Waals surface area contributed by atoms with Crippen LogP contribution in [0.5, 0.6) is 0 Å². The molecule has 1 aromatic carbocycles. The predicted molar refractivity (Wildman–Crippen MR) is 120 cm³/mol. The first-order valence-electron chi connectivity index (χ1n) is 10.1. The van der Waals surface area contributed by atoms with Crippen LogP contribution >= 0.6 is 23.4 Å². The van der Waals surface area contributed by atoms with E-state index >= 15 is 0 Å². The topological polar surface area (TPSA) is 108 Å². The number of halogens is 1. The fourth-order valence-electron chi connectivity index (χ4n) is 3.31. The first kappa shape index (κ1) is 23.8. The van der Waals surface area contributed by atoms with Gasteiger partial charge in [0.2, 0.25) is 15.9 Å². The third-order valence-corrected chi connectivity index (χ3v) is 8.21. The van der Waals surface area contributed by atoms with Gasteiger partial charge in [0.15, 0.2) is 5.16 Å². The normalized spacial score (nSPS) is 15.4. The average molecular weight is 488 g/mol. The number of carbonyl (C=O) groups is 1. The van der Waals surface area contributed by atoms with Crippen molar-refractivity contribution in [3.8, 4) is 0 Å². The van der Waals surface area contributed by atoms with Crippen LogP contribution < -0.4 is 5.69 Å². The molecule has 0 bridgehead atoms. The Morgan fingerprint density at radius 2 is 1.87 bits per heavy atom. The fourth-order valence-corrected chi connectivity index (χ4v) is 5.77. The van der Waals surface area contributed by atoms with Crippen LogP contribution in [0.15, 0.2) is 39.1 Å². The lowest BCUT2D eigenvalue weighted by molar-refractivity contribution is -0.132. The minimum absolute atomic E-state index is 0.0112. The summed E-state index contributed by atoms with van der Waals surface area (Å²) in [7, 11) is -3.59. The number of aromatic amines is 1. The molecule has 9 nitrogen and oxygen atoms in total. The molecular weight excluding hydrogens is 462 g/mol. The van der Waals surface area contributed by atoms with E-state index in [0.717, 1.165) is 6.42 Å². The van der Waals surface area contributed by atoms with Gasteiger partial charge in [-0.25, -0.2) is 18.3 Å². The number of nitrogens with zero attached hydrogens (tertiary/aromatic N) is 4. The standard InChI is InChI=1S/C19H26ClN5O4S2/c1-2-9-25-18(27)21-22-19(25)30-14-3-4-17(26)23-10-12-24(13-11-23)31(28,29)16-7-5-15(20)6-8-16/h5-8H,2-4,9-14H2,1H3,(H,21,27). The smallest absolute Gasteiger partial charge is 0.340 e. The Labute approximate surface area is 190 Å². The number of carbonyl (C=O) groups excluding carboxylic acids is 1. The highest BCUT2D eigenvalue weighted by molar-refractivity contribution is 7.99. The maximum atomic E-state index is 12.7. The van der Waals surface area contributed by atoms with Gasteiger partial charge in [-0.1, -0.05) is 30.3 Å². The number of amides is 1. The van der Waals surface area contributed by atoms with Crippen molar-refractivity contribution in [3.05, 3.63) is 39.8 Å². The van der Waals surface area contributed by atoms with E-state index in [-0.39, 0.29) is 29.6 Å². The molecule has 2 aromatic rings. The second-order valence-electron chi connectivity index (χ2n) is 7.15. The number of sulfonamides is 1. The number of H-pyrrole nitrogens is 1. The molecule has 0 unspecified atom stereocenters. The summed E-state index contributed by atoms with van der Waals surface area (Å²) in [6.45, 7) is 3.87. The lowest BCUT2D eigenvalue weighted by atomic mass is 10.2. The molecule has 1 aromatic heterocycles. The van der Waals surface area contributed by atoms with Gasteiger partial charge >= 0.3 is 5.69 Å². The number of piperazine rings is 1. The van der Waals surface area contributed by atoms with Gasteiger partial charge in [0, 0.05) is 49.9 Å². The Morgan fingerprint density at radius 3 is 2.52 bits per heavy atom. The molecule has 0 atom stereocenters. The van der Waals surface area contributed by atoms with Crippen molar-refractivity contribution < 1.29 is 13.2 Å². The zero-order chi connectivity index (χ0) is 22.4. The summed E-state index contributed by atoms with van der Waals surface area (Å²) < 4.78 is 28.5. The molecule has 1 amide bonds. The average Bonchev–Trinajstić information content (AvgIpc) is 3.11. The van der Waals surface area contributed by atoms with Crippen LogP contribution in [-0.4, -0.2) is 70.2 Å². The highest BCUT2D eigenvalue weighted by atomic mass is 35.5. The highest BCUT2D eigenvalue weighted by Crippen LogP contribution is 2.21. The van der Waals surface area contributed by atoms with Gasteiger partial charge in [-0.2, -0.15) is 4.31 Å². The lowest BCUT2D eigenvalue weighted by Crippen LogP contribution is -2.50. The molecule has 0 aliphatic carbocycles. The Balaban J connectivity index is 1.44. The number of nitrogens with one attached hydrogen (secondary N) is 1. The Hall–Kier alpha value is -1.82. The van der Waals surface area contributed by atoms with Crippen molar-refractivity contribution >= 4 is 39.3 Å². The first-order chi connectivity index (χ1) is 14.8. The number of rotatable bonds is 9. The summed E-state index contributed by atoms with van der Waals surface area (Å²) in [5, 5.41) is 7.60. The zero-order valence-corrected chi connectivity index (χ0v) is 19.7. The molecule has 12 heteroatoms. The van der Waals surface area contributed by atoms with Crippen molar-refractivity contribution in [1.82, 2.24) is 24.0 Å². The lowest BCUT2D eigenvalue weighted by Gasteiger charge is -2.34. The molecule has 2 heterocycles. The SMILES string of the molecule is CCCn1c(SCCCC(=O)N2CCN(S(=O)(=O)c3ccc(Cl)cc3)CC2)n[nH]c1=O. The summed E-state index contributed by atoms with van der Waals surface area (Å²) in [4.78, 5) is 26.1. The summed E-state index contributed by atoms with van der Waals surface area (Å²) in [6, 6.07) is 6.09. The monoisotopic (exact) mass is 487 g/mol. The van der Waals surface area contributed by atoms with Crippen LogP contribution in [0.2, 0.25) is 5.02 Å². The zero-order valence-electron chi connectivity index (χ0n) is 17.3. The first-order valence-corrected chi connectivity index (χ1v) is 12.9. The third-order valence-electron chi connectivity index (χ3n) is 4.98. The van der Waals surface area contributed by atoms with Gasteiger partial charge in [0.1, 0.15) is 0 Å². The second kappa shape index (κ2) is 10.7. The van der Waals surface area contributed by atoms with Crippen molar-refractivity contribution in [2.75, 3.05) is 31.9 Å². The van der Waals surface area contributed by atoms with E-state index in [9.17, 15) is 18.0 Å². The predicted octanol–water partition coefficient (Wildman–Crippen LogP) is 2.04. The maximum absolute atomic E-state index is 12.7. The van der Waals surface area contributed by atoms with Crippen LogP contribution in [0.25, 0.3) is 0 Å². The highest BCUT2D eigenvalue weighted by Gasteiger charge is 2.29. The molecule has 1 aliphatic rings. The molecule has 1 aliphatic heterocycles. The van der Waals surface area contributed by atoms with E-state index in [2.05, 4.69) is 10.2 Å². The van der Waals surface area contributed by atoms with Gasteiger partial charge in [-0.05, 0) is 37.1 Å². The van der Waals surface area contributed by atoms with Crippen LogP contribution in [0.4, 0.5) is 0 Å². The third kappa shape index (κ3) is 5.91. The van der Waals surface area contributed by atoms with Crippen LogP contribution in [-0.2, 0) is 21.4 Å². The second-order valence-corrected chi connectivity index (χ2v) is 10.6. The van der Waals surface area contributed by atoms with Crippen molar-refractivity contribution in [2.45, 2.75) is 42.8 Å². The molecule has 0 spiro atoms. The molecule has 1 fully saturated rings. The summed E-state index contributed by atoms with van der Waals surface area (Å²) in [6.07, 6.45) is 1.87. The minimum Gasteiger partial charge on any atom is -0.340 e. The minimum atomic E-state index is -3.59. The molecule has 3 rings (SSSR count).